The Morgan fingerprint density at radius 1 is 1.42 bits per heavy atom. The maximum absolute atomic E-state index is 9.46. The first-order valence-corrected chi connectivity index (χ1v) is 8.33. The van der Waals surface area contributed by atoms with E-state index in [1.807, 2.05) is 0 Å². The molecule has 0 unspecified atom stereocenters. The molecule has 2 rings (SSSR count). The minimum absolute atomic E-state index is 0.135. The number of thiazole rings is 1. The van der Waals surface area contributed by atoms with E-state index in [0.29, 0.717) is 6.04 Å². The van der Waals surface area contributed by atoms with Crippen LogP contribution in [0.5, 0.6) is 0 Å². The third-order valence-corrected chi connectivity index (χ3v) is 4.70. The first-order chi connectivity index (χ1) is 9.15. The number of anilines is 1. The molecule has 0 aliphatic heterocycles. The van der Waals surface area contributed by atoms with Crippen LogP contribution in [0.3, 0.4) is 0 Å². The van der Waals surface area contributed by atoms with Crippen molar-refractivity contribution in [1.82, 2.24) is 4.98 Å². The average Bonchev–Trinajstić information content (AvgIpc) is 3.12. The number of aliphatic hydroxyl groups excluding tert-OH is 1. The molecule has 1 heterocycles. The van der Waals surface area contributed by atoms with Gasteiger partial charge in [0.2, 0.25) is 0 Å². The minimum Gasteiger partial charge on any atom is -0.391 e. The molecule has 108 valence electrons. The first kappa shape index (κ1) is 14.8. The highest BCUT2D eigenvalue weighted by Crippen LogP contribution is 2.36. The van der Waals surface area contributed by atoms with E-state index in [9.17, 15) is 5.11 Å². The van der Waals surface area contributed by atoms with Crippen molar-refractivity contribution in [1.29, 1.82) is 0 Å². The van der Waals surface area contributed by atoms with E-state index in [-0.39, 0.29) is 6.61 Å². The van der Waals surface area contributed by atoms with Crippen molar-refractivity contribution < 1.29 is 5.11 Å². The molecule has 3 nitrogen and oxygen atoms in total. The Kier molecular flexibility index (Phi) is 5.22. The standard InChI is InChI=1S/C15H26N2OS/c1-4-5-13-14(10-18)19-15(16-13)17(12-6-7-12)9-8-11(2)3/h11-12,18H,4-10H2,1-3H3. The number of hydrogen-bond donors (Lipinski definition) is 1. The molecule has 4 heteroatoms. The highest BCUT2D eigenvalue weighted by atomic mass is 32.1. The van der Waals surface area contributed by atoms with Gasteiger partial charge < -0.3 is 10.0 Å². The monoisotopic (exact) mass is 282 g/mol. The summed E-state index contributed by atoms with van der Waals surface area (Å²) < 4.78 is 0. The lowest BCUT2D eigenvalue weighted by Crippen LogP contribution is -2.27. The van der Waals surface area contributed by atoms with Crippen LogP contribution in [0, 0.1) is 5.92 Å². The topological polar surface area (TPSA) is 36.4 Å². The summed E-state index contributed by atoms with van der Waals surface area (Å²) in [6.45, 7) is 7.95. The lowest BCUT2D eigenvalue weighted by molar-refractivity contribution is 0.284. The summed E-state index contributed by atoms with van der Waals surface area (Å²) in [5.41, 5.74) is 1.11. The van der Waals surface area contributed by atoms with Gasteiger partial charge in [-0.3, -0.25) is 0 Å². The zero-order chi connectivity index (χ0) is 13.8. The second-order valence-corrected chi connectivity index (χ2v) is 6.94. The van der Waals surface area contributed by atoms with Crippen LogP contribution in [0.2, 0.25) is 0 Å². The molecule has 0 saturated heterocycles. The second-order valence-electron chi connectivity index (χ2n) is 5.88. The van der Waals surface area contributed by atoms with Crippen molar-refractivity contribution >= 4 is 16.5 Å². The van der Waals surface area contributed by atoms with Gasteiger partial charge in [0, 0.05) is 12.6 Å². The summed E-state index contributed by atoms with van der Waals surface area (Å²) in [7, 11) is 0. The number of aromatic nitrogens is 1. The summed E-state index contributed by atoms with van der Waals surface area (Å²) >= 11 is 1.69. The van der Waals surface area contributed by atoms with Crippen molar-refractivity contribution in [3.05, 3.63) is 10.6 Å². The van der Waals surface area contributed by atoms with E-state index in [4.69, 9.17) is 4.98 Å². The highest BCUT2D eigenvalue weighted by Gasteiger charge is 2.31. The molecule has 1 aromatic heterocycles. The molecular weight excluding hydrogens is 256 g/mol. The number of aryl methyl sites for hydroxylation is 1. The fourth-order valence-electron chi connectivity index (χ4n) is 2.27. The van der Waals surface area contributed by atoms with Gasteiger partial charge in [-0.05, 0) is 31.6 Å². The van der Waals surface area contributed by atoms with Crippen LogP contribution in [-0.4, -0.2) is 22.7 Å². The molecule has 0 bridgehead atoms. The molecule has 0 atom stereocenters. The van der Waals surface area contributed by atoms with Crippen LogP contribution in [-0.2, 0) is 13.0 Å². The summed E-state index contributed by atoms with van der Waals surface area (Å²) in [5.74, 6) is 0.730. The zero-order valence-corrected chi connectivity index (χ0v) is 13.2. The Labute approximate surface area is 120 Å². The summed E-state index contributed by atoms with van der Waals surface area (Å²) in [6, 6.07) is 0.700. The highest BCUT2D eigenvalue weighted by molar-refractivity contribution is 7.15. The molecule has 1 saturated carbocycles. The average molecular weight is 282 g/mol. The molecule has 0 radical (unpaired) electrons. The third kappa shape index (κ3) is 3.93. The Morgan fingerprint density at radius 2 is 2.16 bits per heavy atom. The van der Waals surface area contributed by atoms with Gasteiger partial charge in [0.1, 0.15) is 0 Å². The fraction of sp³-hybridized carbons (Fsp3) is 0.800. The smallest absolute Gasteiger partial charge is 0.186 e. The number of rotatable bonds is 8. The lowest BCUT2D eigenvalue weighted by Gasteiger charge is -2.22. The Hall–Kier alpha value is -0.610. The Balaban J connectivity index is 2.11. The molecule has 1 fully saturated rings. The molecule has 1 aromatic rings. The lowest BCUT2D eigenvalue weighted by atomic mass is 10.1. The van der Waals surface area contributed by atoms with E-state index >= 15 is 0 Å². The van der Waals surface area contributed by atoms with E-state index in [2.05, 4.69) is 25.7 Å². The van der Waals surface area contributed by atoms with Gasteiger partial charge in [0.15, 0.2) is 5.13 Å². The van der Waals surface area contributed by atoms with Crippen LogP contribution in [0.1, 0.15) is 57.0 Å². The third-order valence-electron chi connectivity index (χ3n) is 3.58. The van der Waals surface area contributed by atoms with Crippen molar-refractivity contribution in [2.75, 3.05) is 11.4 Å². The molecule has 19 heavy (non-hydrogen) atoms. The summed E-state index contributed by atoms with van der Waals surface area (Å²) in [5, 5.41) is 10.6. The number of hydrogen-bond acceptors (Lipinski definition) is 4. The normalized spacial score (nSPS) is 15.2. The minimum atomic E-state index is 0.135. The first-order valence-electron chi connectivity index (χ1n) is 7.51. The van der Waals surface area contributed by atoms with Gasteiger partial charge in [-0.1, -0.05) is 38.5 Å². The van der Waals surface area contributed by atoms with Crippen molar-refractivity contribution in [3.8, 4) is 0 Å². The van der Waals surface area contributed by atoms with Gasteiger partial charge in [0.05, 0.1) is 17.2 Å². The van der Waals surface area contributed by atoms with Crippen LogP contribution in [0.15, 0.2) is 0 Å². The van der Waals surface area contributed by atoms with Crippen LogP contribution in [0.25, 0.3) is 0 Å². The number of nitrogens with zero attached hydrogens (tertiary/aromatic N) is 2. The zero-order valence-electron chi connectivity index (χ0n) is 12.4. The fourth-order valence-corrected chi connectivity index (χ4v) is 3.33. The van der Waals surface area contributed by atoms with E-state index in [1.165, 1.54) is 19.3 Å². The van der Waals surface area contributed by atoms with E-state index in [1.54, 1.807) is 11.3 Å². The molecule has 1 N–H and O–H groups in total. The maximum atomic E-state index is 9.46. The molecule has 1 aliphatic rings. The van der Waals surface area contributed by atoms with Crippen LogP contribution < -0.4 is 4.90 Å². The van der Waals surface area contributed by atoms with Gasteiger partial charge in [-0.25, -0.2) is 4.98 Å². The van der Waals surface area contributed by atoms with E-state index in [0.717, 1.165) is 41.0 Å². The van der Waals surface area contributed by atoms with Crippen molar-refractivity contribution in [3.63, 3.8) is 0 Å². The van der Waals surface area contributed by atoms with E-state index < -0.39 is 0 Å². The van der Waals surface area contributed by atoms with Gasteiger partial charge in [0.25, 0.3) is 0 Å². The molecular formula is C15H26N2OS. The molecule has 0 aromatic carbocycles. The number of aliphatic hydroxyl groups is 1. The molecule has 1 aliphatic carbocycles. The second kappa shape index (κ2) is 6.71. The quantitative estimate of drug-likeness (QED) is 0.791. The molecule has 0 amide bonds. The summed E-state index contributed by atoms with van der Waals surface area (Å²) in [6.07, 6.45) is 5.89. The summed E-state index contributed by atoms with van der Waals surface area (Å²) in [4.78, 5) is 8.33. The maximum Gasteiger partial charge on any atom is 0.186 e. The van der Waals surface area contributed by atoms with Gasteiger partial charge in [-0.2, -0.15) is 0 Å². The Morgan fingerprint density at radius 3 is 2.68 bits per heavy atom. The largest absolute Gasteiger partial charge is 0.391 e. The van der Waals surface area contributed by atoms with Crippen molar-refractivity contribution in [2.24, 2.45) is 5.92 Å². The predicted molar refractivity (Wildman–Crippen MR) is 81.9 cm³/mol. The van der Waals surface area contributed by atoms with Crippen molar-refractivity contribution in [2.45, 2.75) is 65.5 Å². The van der Waals surface area contributed by atoms with Gasteiger partial charge in [-0.15, -0.1) is 0 Å². The SMILES string of the molecule is CCCc1nc(N(CCC(C)C)C2CC2)sc1CO. The van der Waals surface area contributed by atoms with Crippen LogP contribution in [0.4, 0.5) is 5.13 Å². The molecule has 0 spiro atoms. The van der Waals surface area contributed by atoms with Crippen LogP contribution >= 0.6 is 11.3 Å². The Bertz CT molecular complexity index is 399. The van der Waals surface area contributed by atoms with Gasteiger partial charge >= 0.3 is 0 Å². The predicted octanol–water partition coefficient (Wildman–Crippen LogP) is 3.60.